The number of pyridine rings is 1. The van der Waals surface area contributed by atoms with Gasteiger partial charge in [0.25, 0.3) is 0 Å². The van der Waals surface area contributed by atoms with Crippen molar-refractivity contribution in [1.82, 2.24) is 9.47 Å². The first-order valence-corrected chi connectivity index (χ1v) is 12.5. The maximum absolute atomic E-state index is 15.4. The number of hydrogen-bond donors (Lipinski definition) is 0. The number of hydrogen-bond acceptors (Lipinski definition) is 7. The van der Waals surface area contributed by atoms with Crippen LogP contribution in [-0.2, 0) is 9.53 Å². The molecule has 0 radical (unpaired) electrons. The van der Waals surface area contributed by atoms with E-state index in [1.807, 2.05) is 39.8 Å². The van der Waals surface area contributed by atoms with Crippen molar-refractivity contribution in [3.63, 3.8) is 0 Å². The van der Waals surface area contributed by atoms with E-state index in [1.54, 1.807) is 19.9 Å². The number of anilines is 1. The minimum Gasteiger partial charge on any atom is -0.462 e. The number of ether oxygens (including phenoxy) is 1. The minimum absolute atomic E-state index is 0.0403. The number of thioether (sulfide) groups is 1. The van der Waals surface area contributed by atoms with Gasteiger partial charge in [0.15, 0.2) is 0 Å². The topological polar surface area (TPSA) is 71.8 Å². The normalized spacial score (nSPS) is 17.7. The van der Waals surface area contributed by atoms with Crippen LogP contribution >= 0.6 is 11.8 Å². The lowest BCUT2D eigenvalue weighted by atomic mass is 10.1. The van der Waals surface area contributed by atoms with E-state index in [-0.39, 0.29) is 28.7 Å². The number of ketones is 1. The van der Waals surface area contributed by atoms with Crippen LogP contribution in [0.4, 0.5) is 10.1 Å². The largest absolute Gasteiger partial charge is 0.462 e. The van der Waals surface area contributed by atoms with Crippen molar-refractivity contribution in [3.05, 3.63) is 69.6 Å². The molecule has 9 heteroatoms. The van der Waals surface area contributed by atoms with E-state index in [4.69, 9.17) is 4.74 Å². The molecule has 3 aromatic rings. The second kappa shape index (κ2) is 9.47. The number of rotatable bonds is 6. The molecule has 0 spiro atoms. The summed E-state index contributed by atoms with van der Waals surface area (Å²) in [6, 6.07) is 12.8. The van der Waals surface area contributed by atoms with Crippen LogP contribution in [0, 0.1) is 5.82 Å². The molecule has 0 bridgehead atoms. The Balaban J connectivity index is 1.61. The van der Waals surface area contributed by atoms with Crippen LogP contribution in [-0.4, -0.2) is 60.6 Å². The molecule has 0 saturated carbocycles. The Morgan fingerprint density at radius 2 is 1.83 bits per heavy atom. The molecule has 5 rings (SSSR count). The summed E-state index contributed by atoms with van der Waals surface area (Å²) in [6.45, 7) is 6.24. The molecule has 1 saturated heterocycles. The highest BCUT2D eigenvalue weighted by Gasteiger charge is 2.37. The van der Waals surface area contributed by atoms with Crippen LogP contribution in [0.3, 0.4) is 0 Å². The van der Waals surface area contributed by atoms with Gasteiger partial charge < -0.3 is 14.2 Å². The Labute approximate surface area is 206 Å². The SMILES string of the molecule is CCOC(=O)c1c2n(c3cc(N4CCN(CC(C)=O)CC4)c(F)cc3c1=O)C(c1ccccc1)S2. The second-order valence-electron chi connectivity index (χ2n) is 8.77. The lowest BCUT2D eigenvalue weighted by Crippen LogP contribution is -2.48. The average Bonchev–Trinajstić information content (AvgIpc) is 2.82. The molecule has 7 nitrogen and oxygen atoms in total. The molecule has 3 heterocycles. The fourth-order valence-electron chi connectivity index (χ4n) is 4.77. The van der Waals surface area contributed by atoms with Crippen LogP contribution in [0.5, 0.6) is 0 Å². The molecular weight excluding hydrogens is 469 g/mol. The second-order valence-corrected chi connectivity index (χ2v) is 9.84. The Bertz CT molecular complexity index is 1370. The van der Waals surface area contributed by atoms with Gasteiger partial charge in [0, 0.05) is 31.6 Å². The Morgan fingerprint density at radius 3 is 2.49 bits per heavy atom. The van der Waals surface area contributed by atoms with E-state index in [2.05, 4.69) is 4.90 Å². The summed E-state index contributed by atoms with van der Waals surface area (Å²) < 4.78 is 22.5. The summed E-state index contributed by atoms with van der Waals surface area (Å²) in [4.78, 5) is 41.5. The molecule has 1 aromatic heterocycles. The van der Waals surface area contributed by atoms with Crippen molar-refractivity contribution in [2.45, 2.75) is 24.2 Å². The van der Waals surface area contributed by atoms with Crippen molar-refractivity contribution < 1.29 is 18.7 Å². The van der Waals surface area contributed by atoms with Gasteiger partial charge in [-0.2, -0.15) is 0 Å². The van der Waals surface area contributed by atoms with Gasteiger partial charge in [-0.05, 0) is 31.5 Å². The first-order chi connectivity index (χ1) is 16.9. The monoisotopic (exact) mass is 495 g/mol. The third-order valence-electron chi connectivity index (χ3n) is 6.41. The molecule has 2 aromatic carbocycles. The van der Waals surface area contributed by atoms with Crippen LogP contribution in [0.25, 0.3) is 10.9 Å². The van der Waals surface area contributed by atoms with Crippen LogP contribution in [0.1, 0.15) is 35.1 Å². The number of halogens is 1. The Kier molecular flexibility index (Phi) is 6.37. The van der Waals surface area contributed by atoms with Gasteiger partial charge in [0.1, 0.15) is 22.5 Å². The van der Waals surface area contributed by atoms with Crippen molar-refractivity contribution in [2.24, 2.45) is 0 Å². The first-order valence-electron chi connectivity index (χ1n) is 11.7. The van der Waals surface area contributed by atoms with E-state index in [9.17, 15) is 14.4 Å². The molecule has 0 N–H and O–H groups in total. The smallest absolute Gasteiger partial charge is 0.344 e. The molecule has 35 heavy (non-hydrogen) atoms. The highest BCUT2D eigenvalue weighted by atomic mass is 32.2. The molecule has 182 valence electrons. The van der Waals surface area contributed by atoms with Crippen LogP contribution in [0.2, 0.25) is 0 Å². The van der Waals surface area contributed by atoms with Gasteiger partial charge in [-0.15, -0.1) is 0 Å². The first kappa shape index (κ1) is 23.6. The number of aromatic nitrogens is 1. The van der Waals surface area contributed by atoms with Gasteiger partial charge in [-0.1, -0.05) is 42.1 Å². The summed E-state index contributed by atoms with van der Waals surface area (Å²) in [5.74, 6) is -1.09. The maximum atomic E-state index is 15.4. The predicted molar refractivity (Wildman–Crippen MR) is 134 cm³/mol. The molecule has 1 fully saturated rings. The van der Waals surface area contributed by atoms with Gasteiger partial charge in [0.05, 0.1) is 29.4 Å². The van der Waals surface area contributed by atoms with E-state index < -0.39 is 17.2 Å². The van der Waals surface area contributed by atoms with Crippen molar-refractivity contribution >= 4 is 40.1 Å². The number of Topliss-reactive ketones (excluding diaryl/α,β-unsaturated/α-hetero) is 1. The number of carbonyl (C=O) groups excluding carboxylic acids is 2. The maximum Gasteiger partial charge on any atom is 0.344 e. The van der Waals surface area contributed by atoms with Gasteiger partial charge in [-0.3, -0.25) is 14.5 Å². The molecule has 2 aliphatic rings. The summed E-state index contributed by atoms with van der Waals surface area (Å²) in [5, 5.41) is 0.557. The van der Waals surface area contributed by atoms with Crippen LogP contribution in [0.15, 0.2) is 52.3 Å². The number of fused-ring (bicyclic) bond motifs is 3. The van der Waals surface area contributed by atoms with Gasteiger partial charge in [-0.25, -0.2) is 9.18 Å². The summed E-state index contributed by atoms with van der Waals surface area (Å²) in [6.07, 6.45) is 0. The Hall–Kier alpha value is -3.17. The van der Waals surface area contributed by atoms with Crippen molar-refractivity contribution in [3.8, 4) is 0 Å². The number of carbonyl (C=O) groups is 2. The molecule has 1 atom stereocenters. The highest BCUT2D eigenvalue weighted by molar-refractivity contribution is 8.00. The molecular formula is C26H26FN3O4S. The molecule has 1 unspecified atom stereocenters. The fourth-order valence-corrected chi connectivity index (χ4v) is 6.05. The zero-order valence-electron chi connectivity index (χ0n) is 19.6. The summed E-state index contributed by atoms with van der Waals surface area (Å²) in [7, 11) is 0. The van der Waals surface area contributed by atoms with Crippen LogP contribution < -0.4 is 10.3 Å². The Morgan fingerprint density at radius 1 is 1.11 bits per heavy atom. The molecule has 2 aliphatic heterocycles. The van der Waals surface area contributed by atoms with E-state index in [0.29, 0.717) is 49.0 Å². The quantitative estimate of drug-likeness (QED) is 0.483. The van der Waals surface area contributed by atoms with Crippen molar-refractivity contribution in [1.29, 1.82) is 0 Å². The number of esters is 1. The third-order valence-corrected chi connectivity index (χ3v) is 7.74. The minimum atomic E-state index is -0.687. The molecule has 0 aliphatic carbocycles. The van der Waals surface area contributed by atoms with E-state index in [0.717, 1.165) is 5.56 Å². The number of piperazine rings is 1. The number of benzene rings is 2. The zero-order chi connectivity index (χ0) is 24.7. The fraction of sp³-hybridized carbons (Fsp3) is 0.346. The molecule has 0 amide bonds. The lowest BCUT2D eigenvalue weighted by molar-refractivity contribution is -0.118. The summed E-state index contributed by atoms with van der Waals surface area (Å²) >= 11 is 1.43. The van der Waals surface area contributed by atoms with E-state index in [1.165, 1.54) is 17.8 Å². The van der Waals surface area contributed by atoms with Gasteiger partial charge >= 0.3 is 5.97 Å². The van der Waals surface area contributed by atoms with Gasteiger partial charge in [0.2, 0.25) is 5.43 Å². The third kappa shape index (κ3) is 4.23. The predicted octanol–water partition coefficient (Wildman–Crippen LogP) is 3.68. The van der Waals surface area contributed by atoms with Crippen molar-refractivity contribution in [2.75, 3.05) is 44.2 Å². The average molecular weight is 496 g/mol. The number of nitrogens with zero attached hydrogens (tertiary/aromatic N) is 3. The lowest BCUT2D eigenvalue weighted by Gasteiger charge is -2.38. The standard InChI is InChI=1S/C26H26FN3O4S/c1-3-34-26(33)22-23(32)18-13-19(27)21(29-11-9-28(10-12-29)15-16(2)31)14-20(18)30-24(35-25(22)30)17-7-5-4-6-8-17/h4-8,13-14,24H,3,9-12,15H2,1-2H3. The highest BCUT2D eigenvalue weighted by Crippen LogP contribution is 2.50. The zero-order valence-corrected chi connectivity index (χ0v) is 20.4. The van der Waals surface area contributed by atoms with E-state index >= 15 is 4.39 Å². The summed E-state index contributed by atoms with van der Waals surface area (Å²) in [5.41, 5.74) is 1.48.